The molecule has 0 aliphatic rings. The Morgan fingerprint density at radius 2 is 2.00 bits per heavy atom. The summed E-state index contributed by atoms with van der Waals surface area (Å²) in [6, 6.07) is 11.9. The van der Waals surface area contributed by atoms with Crippen molar-refractivity contribution < 1.29 is 9.53 Å². The minimum atomic E-state index is -0.705. The van der Waals surface area contributed by atoms with Gasteiger partial charge in [0.15, 0.2) is 0 Å². The fraction of sp³-hybridized carbons (Fsp3) is 0.143. The topological polar surface area (TPSA) is 77.2 Å². The molecule has 1 aromatic carbocycles. The Kier molecular flexibility index (Phi) is 4.10. The molecule has 2 aromatic rings. The minimum absolute atomic E-state index is 0.279. The summed E-state index contributed by atoms with van der Waals surface area (Å²) in [4.78, 5) is 16.0. The summed E-state index contributed by atoms with van der Waals surface area (Å²) in [5.74, 6) is 0.212. The van der Waals surface area contributed by atoms with Crippen LogP contribution in [0, 0.1) is 0 Å². The molecule has 1 atom stereocenters. The molecule has 1 unspecified atom stereocenters. The van der Waals surface area contributed by atoms with Gasteiger partial charge in [-0.3, -0.25) is 4.79 Å². The smallest absolute Gasteiger partial charge is 0.245 e. The summed E-state index contributed by atoms with van der Waals surface area (Å²) in [5, 5.41) is 2.71. The predicted molar refractivity (Wildman–Crippen MR) is 72.8 cm³/mol. The third kappa shape index (κ3) is 3.29. The van der Waals surface area contributed by atoms with E-state index < -0.39 is 6.04 Å². The van der Waals surface area contributed by atoms with Crippen molar-refractivity contribution in [3.05, 3.63) is 54.2 Å². The Labute approximate surface area is 111 Å². The number of hydrogen-bond donors (Lipinski definition) is 2. The van der Waals surface area contributed by atoms with Gasteiger partial charge in [-0.2, -0.15) is 0 Å². The molecule has 1 amide bonds. The largest absolute Gasteiger partial charge is 0.481 e. The molecule has 3 N–H and O–H groups in total. The van der Waals surface area contributed by atoms with Crippen LogP contribution in [-0.2, 0) is 4.79 Å². The number of pyridine rings is 1. The number of aromatic nitrogens is 1. The zero-order chi connectivity index (χ0) is 13.7. The number of nitrogens with zero attached hydrogens (tertiary/aromatic N) is 1. The first kappa shape index (κ1) is 13.0. The van der Waals surface area contributed by atoms with Crippen molar-refractivity contribution in [2.24, 2.45) is 5.73 Å². The molecule has 98 valence electrons. The van der Waals surface area contributed by atoms with Crippen LogP contribution in [0.5, 0.6) is 5.88 Å². The zero-order valence-electron chi connectivity index (χ0n) is 10.5. The average Bonchev–Trinajstić information content (AvgIpc) is 2.48. The maximum absolute atomic E-state index is 12.0. The summed E-state index contributed by atoms with van der Waals surface area (Å²) >= 11 is 0. The van der Waals surface area contributed by atoms with E-state index in [2.05, 4.69) is 10.3 Å². The maximum Gasteiger partial charge on any atom is 0.245 e. The lowest BCUT2D eigenvalue weighted by molar-refractivity contribution is -0.117. The summed E-state index contributed by atoms with van der Waals surface area (Å²) < 4.78 is 4.94. The quantitative estimate of drug-likeness (QED) is 0.874. The van der Waals surface area contributed by atoms with Gasteiger partial charge in [0.1, 0.15) is 6.04 Å². The van der Waals surface area contributed by atoms with Gasteiger partial charge < -0.3 is 15.8 Å². The number of hydrogen-bond acceptors (Lipinski definition) is 4. The average molecular weight is 257 g/mol. The lowest BCUT2D eigenvalue weighted by Crippen LogP contribution is -2.27. The first-order valence-electron chi connectivity index (χ1n) is 5.82. The van der Waals surface area contributed by atoms with E-state index in [1.807, 2.05) is 30.3 Å². The van der Waals surface area contributed by atoms with Crippen LogP contribution in [0.2, 0.25) is 0 Å². The highest BCUT2D eigenvalue weighted by Crippen LogP contribution is 2.15. The Hall–Kier alpha value is -2.40. The highest BCUT2D eigenvalue weighted by Gasteiger charge is 2.15. The fourth-order valence-corrected chi connectivity index (χ4v) is 1.61. The molecule has 0 aliphatic heterocycles. The van der Waals surface area contributed by atoms with E-state index >= 15 is 0 Å². The van der Waals surface area contributed by atoms with Gasteiger partial charge in [0, 0.05) is 6.07 Å². The first-order chi connectivity index (χ1) is 9.20. The van der Waals surface area contributed by atoms with E-state index in [1.165, 1.54) is 13.3 Å². The summed E-state index contributed by atoms with van der Waals surface area (Å²) in [6.45, 7) is 0. The third-order valence-electron chi connectivity index (χ3n) is 2.65. The summed E-state index contributed by atoms with van der Waals surface area (Å²) in [5.41, 5.74) is 7.23. The molecule has 5 nitrogen and oxygen atoms in total. The van der Waals surface area contributed by atoms with Crippen LogP contribution in [0.15, 0.2) is 48.7 Å². The van der Waals surface area contributed by atoms with E-state index in [9.17, 15) is 4.79 Å². The van der Waals surface area contributed by atoms with Gasteiger partial charge in [-0.05, 0) is 11.6 Å². The molecule has 19 heavy (non-hydrogen) atoms. The number of amides is 1. The normalized spacial score (nSPS) is 11.7. The van der Waals surface area contributed by atoms with E-state index in [0.717, 1.165) is 5.56 Å². The van der Waals surface area contributed by atoms with Crippen molar-refractivity contribution in [1.29, 1.82) is 0 Å². The standard InChI is InChI=1S/C14H15N3O2/c1-19-12-8-7-11(9-16-12)17-14(18)13(15)10-5-3-2-4-6-10/h2-9,13H,15H2,1H3,(H,17,18). The first-order valence-corrected chi connectivity index (χ1v) is 5.82. The number of rotatable bonds is 4. The van der Waals surface area contributed by atoms with Crippen molar-refractivity contribution in [2.75, 3.05) is 12.4 Å². The zero-order valence-corrected chi connectivity index (χ0v) is 10.5. The number of benzene rings is 1. The van der Waals surface area contributed by atoms with Gasteiger partial charge in [0.25, 0.3) is 0 Å². The lowest BCUT2D eigenvalue weighted by atomic mass is 10.1. The van der Waals surface area contributed by atoms with Crippen molar-refractivity contribution in [3.8, 4) is 5.88 Å². The molecule has 1 aromatic heterocycles. The number of methoxy groups -OCH3 is 1. The van der Waals surface area contributed by atoms with Crippen LogP contribution in [0.1, 0.15) is 11.6 Å². The van der Waals surface area contributed by atoms with Gasteiger partial charge in [-0.25, -0.2) is 4.98 Å². The van der Waals surface area contributed by atoms with Crippen LogP contribution < -0.4 is 15.8 Å². The monoisotopic (exact) mass is 257 g/mol. The Morgan fingerprint density at radius 3 is 2.58 bits per heavy atom. The second-order valence-corrected chi connectivity index (χ2v) is 3.97. The minimum Gasteiger partial charge on any atom is -0.481 e. The van der Waals surface area contributed by atoms with Gasteiger partial charge in [0.2, 0.25) is 11.8 Å². The van der Waals surface area contributed by atoms with Crippen molar-refractivity contribution in [3.63, 3.8) is 0 Å². The molecule has 0 saturated heterocycles. The molecule has 0 radical (unpaired) electrons. The van der Waals surface area contributed by atoms with E-state index in [1.54, 1.807) is 12.1 Å². The van der Waals surface area contributed by atoms with Crippen LogP contribution in [0.3, 0.4) is 0 Å². The van der Waals surface area contributed by atoms with Crippen LogP contribution in [-0.4, -0.2) is 18.0 Å². The molecular weight excluding hydrogens is 242 g/mol. The maximum atomic E-state index is 12.0. The van der Waals surface area contributed by atoms with Crippen molar-refractivity contribution in [2.45, 2.75) is 6.04 Å². The lowest BCUT2D eigenvalue weighted by Gasteiger charge is -2.12. The highest BCUT2D eigenvalue weighted by molar-refractivity contribution is 5.95. The summed E-state index contributed by atoms with van der Waals surface area (Å²) in [6.07, 6.45) is 1.52. The summed E-state index contributed by atoms with van der Waals surface area (Å²) in [7, 11) is 1.53. The van der Waals surface area contributed by atoms with Gasteiger partial charge >= 0.3 is 0 Å². The van der Waals surface area contributed by atoms with E-state index in [0.29, 0.717) is 11.6 Å². The SMILES string of the molecule is COc1ccc(NC(=O)C(N)c2ccccc2)cn1. The number of carbonyl (C=O) groups is 1. The molecule has 0 spiro atoms. The molecule has 5 heteroatoms. The molecule has 0 aliphatic carbocycles. The Balaban J connectivity index is 2.04. The van der Waals surface area contributed by atoms with Crippen molar-refractivity contribution in [1.82, 2.24) is 4.98 Å². The molecule has 0 fully saturated rings. The number of anilines is 1. The Bertz CT molecular complexity index is 540. The fourth-order valence-electron chi connectivity index (χ4n) is 1.61. The predicted octanol–water partition coefficient (Wildman–Crippen LogP) is 1.73. The van der Waals surface area contributed by atoms with E-state index in [4.69, 9.17) is 10.5 Å². The second kappa shape index (κ2) is 5.97. The molecule has 0 bridgehead atoms. The number of carbonyl (C=O) groups excluding carboxylic acids is 1. The third-order valence-corrected chi connectivity index (χ3v) is 2.65. The second-order valence-electron chi connectivity index (χ2n) is 3.97. The van der Waals surface area contributed by atoms with Gasteiger partial charge in [-0.1, -0.05) is 30.3 Å². The van der Waals surface area contributed by atoms with Crippen LogP contribution in [0.25, 0.3) is 0 Å². The Morgan fingerprint density at radius 1 is 1.26 bits per heavy atom. The number of ether oxygens (including phenoxy) is 1. The van der Waals surface area contributed by atoms with Gasteiger partial charge in [0.05, 0.1) is 19.0 Å². The highest BCUT2D eigenvalue weighted by atomic mass is 16.5. The van der Waals surface area contributed by atoms with E-state index in [-0.39, 0.29) is 5.91 Å². The number of nitrogens with one attached hydrogen (secondary N) is 1. The number of nitrogens with two attached hydrogens (primary N) is 1. The van der Waals surface area contributed by atoms with Crippen LogP contribution >= 0.6 is 0 Å². The van der Waals surface area contributed by atoms with Crippen molar-refractivity contribution >= 4 is 11.6 Å². The van der Waals surface area contributed by atoms with Gasteiger partial charge in [-0.15, -0.1) is 0 Å². The molecule has 2 rings (SSSR count). The molecule has 0 saturated carbocycles. The molecular formula is C14H15N3O2. The molecule has 1 heterocycles. The van der Waals surface area contributed by atoms with Crippen LogP contribution in [0.4, 0.5) is 5.69 Å².